The third-order valence-electron chi connectivity index (χ3n) is 8.88. The first kappa shape index (κ1) is 24.0. The minimum absolute atomic E-state index is 0.912. The van der Waals surface area contributed by atoms with Gasteiger partial charge in [-0.3, -0.25) is 0 Å². The molecule has 1 heteroatoms. The van der Waals surface area contributed by atoms with E-state index in [1.54, 1.807) is 0 Å². The van der Waals surface area contributed by atoms with Gasteiger partial charge >= 0.3 is 0 Å². The van der Waals surface area contributed by atoms with E-state index in [0.717, 1.165) is 27.5 Å². The number of hydrogen-bond donors (Lipinski definition) is 0. The molecular weight excluding hydrogens is 520 g/mol. The fourth-order valence-electron chi connectivity index (χ4n) is 7.00. The molecule has 0 radical (unpaired) electrons. The van der Waals surface area contributed by atoms with Crippen LogP contribution in [0.25, 0.3) is 87.6 Å². The van der Waals surface area contributed by atoms with Gasteiger partial charge in [0.25, 0.3) is 0 Å². The van der Waals surface area contributed by atoms with Crippen LogP contribution in [-0.4, -0.2) is 0 Å². The van der Waals surface area contributed by atoms with Crippen LogP contribution >= 0.6 is 0 Å². The molecule has 8 aromatic carbocycles. The zero-order valence-electron chi connectivity index (χ0n) is 23.4. The number of hydrogen-bond acceptors (Lipinski definition) is 1. The predicted molar refractivity (Wildman–Crippen MR) is 183 cm³/mol. The van der Waals surface area contributed by atoms with E-state index in [1.807, 2.05) is 12.1 Å². The molecule has 43 heavy (non-hydrogen) atoms. The van der Waals surface area contributed by atoms with E-state index in [-0.39, 0.29) is 0 Å². The molecule has 0 amide bonds. The molecule has 0 spiro atoms. The SMILES string of the molecule is c1ccc(-c2c3ccccc3c(-c3cccc4ccccc34)c3ccccc23)c(-c2ccc3c(c2)oc2ccccc23)c1. The van der Waals surface area contributed by atoms with Crippen molar-refractivity contribution in [1.82, 2.24) is 0 Å². The van der Waals surface area contributed by atoms with Crippen LogP contribution < -0.4 is 0 Å². The van der Waals surface area contributed by atoms with Crippen molar-refractivity contribution in [2.75, 3.05) is 0 Å². The second-order valence-electron chi connectivity index (χ2n) is 11.2. The summed E-state index contributed by atoms with van der Waals surface area (Å²) in [6.07, 6.45) is 0. The Bertz CT molecular complexity index is 2450. The summed E-state index contributed by atoms with van der Waals surface area (Å²) in [4.78, 5) is 0. The normalized spacial score (nSPS) is 11.7. The van der Waals surface area contributed by atoms with Crippen LogP contribution in [0.2, 0.25) is 0 Å². The van der Waals surface area contributed by atoms with E-state index < -0.39 is 0 Å². The predicted octanol–water partition coefficient (Wildman–Crippen LogP) is 12.0. The smallest absolute Gasteiger partial charge is 0.136 e. The summed E-state index contributed by atoms with van der Waals surface area (Å²) in [6.45, 7) is 0. The Morgan fingerprint density at radius 2 is 0.791 bits per heavy atom. The molecule has 1 nitrogen and oxygen atoms in total. The van der Waals surface area contributed by atoms with Crippen molar-refractivity contribution in [1.29, 1.82) is 0 Å². The molecule has 200 valence electrons. The van der Waals surface area contributed by atoms with E-state index in [1.165, 1.54) is 60.1 Å². The molecule has 1 heterocycles. The molecule has 9 aromatic rings. The molecule has 0 saturated heterocycles. The average molecular weight is 547 g/mol. The molecule has 0 N–H and O–H groups in total. The van der Waals surface area contributed by atoms with Gasteiger partial charge in [-0.2, -0.15) is 0 Å². The van der Waals surface area contributed by atoms with E-state index in [9.17, 15) is 0 Å². The lowest BCUT2D eigenvalue weighted by atomic mass is 9.83. The second kappa shape index (κ2) is 9.44. The van der Waals surface area contributed by atoms with Crippen LogP contribution in [0.5, 0.6) is 0 Å². The largest absolute Gasteiger partial charge is 0.456 e. The summed E-state index contributed by atoms with van der Waals surface area (Å²) >= 11 is 0. The molecule has 0 unspecified atom stereocenters. The standard InChI is InChI=1S/C42H26O/c1-2-14-29-27(12-1)13-11-22-34(29)42-37-20-7-5-18-35(37)41(36-19-6-8-21-38(36)42)33-17-4-3-15-30(33)28-24-25-32-31-16-9-10-23-39(31)43-40(32)26-28/h1-26H. The molecule has 0 bridgehead atoms. The van der Waals surface area contributed by atoms with Crippen LogP contribution in [-0.2, 0) is 0 Å². The van der Waals surface area contributed by atoms with E-state index in [4.69, 9.17) is 4.42 Å². The summed E-state index contributed by atoms with van der Waals surface area (Å²) in [5.41, 5.74) is 9.20. The Hall–Kier alpha value is -5.66. The first-order valence-corrected chi connectivity index (χ1v) is 14.8. The van der Waals surface area contributed by atoms with Crippen LogP contribution in [0.1, 0.15) is 0 Å². The quantitative estimate of drug-likeness (QED) is 0.201. The molecule has 0 atom stereocenters. The van der Waals surface area contributed by atoms with Crippen molar-refractivity contribution in [2.24, 2.45) is 0 Å². The molecular formula is C42H26O. The summed E-state index contributed by atoms with van der Waals surface area (Å²) in [6, 6.07) is 56.8. The van der Waals surface area contributed by atoms with Gasteiger partial charge in [0.15, 0.2) is 0 Å². The lowest BCUT2D eigenvalue weighted by Gasteiger charge is -2.20. The van der Waals surface area contributed by atoms with Crippen LogP contribution in [0.3, 0.4) is 0 Å². The van der Waals surface area contributed by atoms with Crippen molar-refractivity contribution < 1.29 is 4.42 Å². The fraction of sp³-hybridized carbons (Fsp3) is 0. The third kappa shape index (κ3) is 3.65. The molecule has 0 fully saturated rings. The minimum Gasteiger partial charge on any atom is -0.456 e. The van der Waals surface area contributed by atoms with Crippen LogP contribution in [0.4, 0.5) is 0 Å². The Morgan fingerprint density at radius 3 is 1.51 bits per heavy atom. The maximum Gasteiger partial charge on any atom is 0.136 e. The second-order valence-corrected chi connectivity index (χ2v) is 11.2. The molecule has 0 aliphatic rings. The van der Waals surface area contributed by atoms with Crippen LogP contribution in [0.15, 0.2) is 162 Å². The first-order chi connectivity index (χ1) is 21.3. The highest BCUT2D eigenvalue weighted by Gasteiger charge is 2.20. The molecule has 0 saturated carbocycles. The topological polar surface area (TPSA) is 13.1 Å². The van der Waals surface area contributed by atoms with Crippen molar-refractivity contribution in [3.63, 3.8) is 0 Å². The van der Waals surface area contributed by atoms with Gasteiger partial charge in [-0.25, -0.2) is 0 Å². The highest BCUT2D eigenvalue weighted by Crippen LogP contribution is 2.47. The van der Waals surface area contributed by atoms with Crippen molar-refractivity contribution in [3.05, 3.63) is 158 Å². The van der Waals surface area contributed by atoms with Crippen LogP contribution in [0, 0.1) is 0 Å². The van der Waals surface area contributed by atoms with E-state index in [0.29, 0.717) is 0 Å². The minimum atomic E-state index is 0.912. The summed E-state index contributed by atoms with van der Waals surface area (Å²) in [5, 5.41) is 9.84. The average Bonchev–Trinajstić information content (AvgIpc) is 3.45. The van der Waals surface area contributed by atoms with Gasteiger partial charge in [0, 0.05) is 10.8 Å². The lowest BCUT2D eigenvalue weighted by Crippen LogP contribution is -1.93. The molecule has 1 aromatic heterocycles. The number of para-hydroxylation sites is 1. The zero-order valence-corrected chi connectivity index (χ0v) is 23.4. The van der Waals surface area contributed by atoms with Gasteiger partial charge in [0.1, 0.15) is 11.2 Å². The summed E-state index contributed by atoms with van der Waals surface area (Å²) < 4.78 is 6.30. The van der Waals surface area contributed by atoms with Gasteiger partial charge in [-0.15, -0.1) is 0 Å². The maximum atomic E-state index is 6.30. The Morgan fingerprint density at radius 1 is 0.302 bits per heavy atom. The van der Waals surface area contributed by atoms with E-state index >= 15 is 0 Å². The van der Waals surface area contributed by atoms with Crippen molar-refractivity contribution in [2.45, 2.75) is 0 Å². The molecule has 0 aliphatic heterocycles. The fourth-order valence-corrected chi connectivity index (χ4v) is 7.00. The Kier molecular flexibility index (Phi) is 5.27. The number of rotatable bonds is 3. The van der Waals surface area contributed by atoms with E-state index in [2.05, 4.69) is 146 Å². The summed E-state index contributed by atoms with van der Waals surface area (Å²) in [5.74, 6) is 0. The maximum absolute atomic E-state index is 6.30. The summed E-state index contributed by atoms with van der Waals surface area (Å²) in [7, 11) is 0. The Labute approximate surface area is 249 Å². The number of furan rings is 1. The third-order valence-corrected chi connectivity index (χ3v) is 8.88. The lowest BCUT2D eigenvalue weighted by molar-refractivity contribution is 0.669. The highest BCUT2D eigenvalue weighted by molar-refractivity contribution is 6.24. The number of fused-ring (bicyclic) bond motifs is 6. The van der Waals surface area contributed by atoms with Gasteiger partial charge in [-0.05, 0) is 83.9 Å². The highest BCUT2D eigenvalue weighted by atomic mass is 16.3. The van der Waals surface area contributed by atoms with Gasteiger partial charge in [0.2, 0.25) is 0 Å². The monoisotopic (exact) mass is 546 g/mol. The molecule has 0 aliphatic carbocycles. The van der Waals surface area contributed by atoms with Gasteiger partial charge in [-0.1, -0.05) is 140 Å². The number of benzene rings is 8. The zero-order chi connectivity index (χ0) is 28.3. The first-order valence-electron chi connectivity index (χ1n) is 14.8. The van der Waals surface area contributed by atoms with Crippen molar-refractivity contribution in [3.8, 4) is 33.4 Å². The molecule has 9 rings (SSSR count). The van der Waals surface area contributed by atoms with Gasteiger partial charge < -0.3 is 4.42 Å². The van der Waals surface area contributed by atoms with Gasteiger partial charge in [0.05, 0.1) is 0 Å². The Balaban J connectivity index is 1.36. The van der Waals surface area contributed by atoms with Crippen molar-refractivity contribution >= 4 is 54.3 Å².